The highest BCUT2D eigenvalue weighted by Gasteiger charge is 2.33. The molecular formula is C28H22ClN3O7S. The van der Waals surface area contributed by atoms with E-state index in [1.807, 2.05) is 0 Å². The minimum atomic E-state index is -0.759. The molecule has 204 valence electrons. The zero-order valence-electron chi connectivity index (χ0n) is 21.5. The number of hydrogen-bond acceptors (Lipinski definition) is 9. The van der Waals surface area contributed by atoms with Gasteiger partial charge in [-0.2, -0.15) is 0 Å². The second-order valence-electron chi connectivity index (χ2n) is 8.70. The van der Waals surface area contributed by atoms with E-state index in [1.165, 1.54) is 16.7 Å². The summed E-state index contributed by atoms with van der Waals surface area (Å²) in [6.45, 7) is 3.60. The number of carbonyl (C=O) groups excluding carboxylic acids is 1. The molecule has 4 aromatic rings. The van der Waals surface area contributed by atoms with Gasteiger partial charge < -0.3 is 13.9 Å². The third kappa shape index (κ3) is 4.96. The van der Waals surface area contributed by atoms with Gasteiger partial charge in [-0.15, -0.1) is 0 Å². The van der Waals surface area contributed by atoms with E-state index in [9.17, 15) is 19.7 Å². The molecule has 0 N–H and O–H groups in total. The molecule has 1 aliphatic heterocycles. The van der Waals surface area contributed by atoms with Crippen LogP contribution in [0.1, 0.15) is 31.2 Å². The van der Waals surface area contributed by atoms with Gasteiger partial charge in [0.2, 0.25) is 0 Å². The summed E-state index contributed by atoms with van der Waals surface area (Å²) < 4.78 is 18.3. The van der Waals surface area contributed by atoms with E-state index in [0.29, 0.717) is 43.4 Å². The van der Waals surface area contributed by atoms with Gasteiger partial charge in [0.05, 0.1) is 40.5 Å². The fourth-order valence-corrected chi connectivity index (χ4v) is 5.63. The third-order valence-corrected chi connectivity index (χ3v) is 7.58. The summed E-state index contributed by atoms with van der Waals surface area (Å²) >= 11 is 7.08. The molecule has 12 heteroatoms. The first-order valence-electron chi connectivity index (χ1n) is 12.1. The van der Waals surface area contributed by atoms with E-state index < -0.39 is 16.9 Å². The highest BCUT2D eigenvalue weighted by atomic mass is 35.5. The van der Waals surface area contributed by atoms with Crippen LogP contribution in [0.25, 0.3) is 17.4 Å². The molecule has 0 radical (unpaired) electrons. The Kier molecular flexibility index (Phi) is 7.42. The van der Waals surface area contributed by atoms with Gasteiger partial charge in [0, 0.05) is 17.7 Å². The normalized spacial score (nSPS) is 15.0. The lowest BCUT2D eigenvalue weighted by Crippen LogP contribution is -2.39. The lowest BCUT2D eigenvalue weighted by atomic mass is 9.96. The predicted molar refractivity (Wildman–Crippen MR) is 149 cm³/mol. The molecule has 0 saturated heterocycles. The van der Waals surface area contributed by atoms with Crippen molar-refractivity contribution in [2.24, 2.45) is 4.99 Å². The van der Waals surface area contributed by atoms with Crippen molar-refractivity contribution in [3.05, 3.63) is 112 Å². The Hall–Kier alpha value is -4.48. The van der Waals surface area contributed by atoms with Crippen molar-refractivity contribution in [2.45, 2.75) is 19.9 Å². The van der Waals surface area contributed by atoms with Crippen molar-refractivity contribution in [1.29, 1.82) is 0 Å². The van der Waals surface area contributed by atoms with E-state index in [2.05, 4.69) is 4.99 Å². The van der Waals surface area contributed by atoms with Gasteiger partial charge in [-0.05, 0) is 55.8 Å². The second kappa shape index (κ2) is 10.9. The van der Waals surface area contributed by atoms with Crippen LogP contribution in [0.15, 0.2) is 80.1 Å². The number of allylic oxidation sites excluding steroid dienone is 1. The molecule has 0 bridgehead atoms. The molecule has 2 aromatic heterocycles. The zero-order chi connectivity index (χ0) is 28.6. The van der Waals surface area contributed by atoms with Gasteiger partial charge in [0.1, 0.15) is 22.3 Å². The van der Waals surface area contributed by atoms with Gasteiger partial charge >= 0.3 is 5.97 Å². The number of esters is 1. The Balaban J connectivity index is 1.61. The molecule has 0 amide bonds. The fourth-order valence-electron chi connectivity index (χ4n) is 4.41. The lowest BCUT2D eigenvalue weighted by Gasteiger charge is -2.24. The van der Waals surface area contributed by atoms with Crippen LogP contribution >= 0.6 is 22.9 Å². The fraction of sp³-hybridized carbons (Fsp3) is 0.179. The molecule has 3 heterocycles. The first-order valence-corrected chi connectivity index (χ1v) is 13.3. The molecular weight excluding hydrogens is 558 g/mol. The summed E-state index contributed by atoms with van der Waals surface area (Å²) in [5, 5.41) is 11.3. The Bertz CT molecular complexity index is 1850. The summed E-state index contributed by atoms with van der Waals surface area (Å²) in [5.74, 6) is 0.816. The first kappa shape index (κ1) is 27.1. The topological polar surface area (TPSA) is 126 Å². The van der Waals surface area contributed by atoms with E-state index in [4.69, 9.17) is 25.5 Å². The first-order chi connectivity index (χ1) is 19.2. The number of fused-ring (bicyclic) bond motifs is 1. The van der Waals surface area contributed by atoms with E-state index in [-0.39, 0.29) is 28.4 Å². The van der Waals surface area contributed by atoms with Gasteiger partial charge in [0.15, 0.2) is 4.80 Å². The van der Waals surface area contributed by atoms with Crippen molar-refractivity contribution in [1.82, 2.24) is 4.57 Å². The van der Waals surface area contributed by atoms with Crippen molar-refractivity contribution in [3.63, 3.8) is 0 Å². The standard InChI is InChI=1S/C28H22ClN3O7S/c1-4-38-27(34)24-15(2)30-28-31(25(24)16-5-8-18(37-3)9-6-16)26(33)23(40-28)14-19-10-12-22(39-19)17-7-11-20(29)21(13-17)32(35)36/h5-14,25H,4H2,1-3H3/b23-14-. The Morgan fingerprint density at radius 3 is 2.65 bits per heavy atom. The summed E-state index contributed by atoms with van der Waals surface area (Å²) in [5.41, 5.74) is 1.28. The zero-order valence-corrected chi connectivity index (χ0v) is 23.1. The largest absolute Gasteiger partial charge is 0.497 e. The smallest absolute Gasteiger partial charge is 0.338 e. The van der Waals surface area contributed by atoms with Crippen LogP contribution in [0.2, 0.25) is 5.02 Å². The summed E-state index contributed by atoms with van der Waals surface area (Å²) in [6, 6.07) is 14.0. The SMILES string of the molecule is CCOC(=O)C1=C(C)N=c2s/c(=C\c3ccc(-c4ccc(Cl)c([N+](=O)[O-])c4)o3)c(=O)n2C1c1ccc(OC)cc1. The molecule has 40 heavy (non-hydrogen) atoms. The maximum Gasteiger partial charge on any atom is 0.338 e. The molecule has 1 aliphatic rings. The Labute approximate surface area is 236 Å². The molecule has 2 aromatic carbocycles. The van der Waals surface area contributed by atoms with E-state index in [0.717, 1.165) is 11.3 Å². The molecule has 0 spiro atoms. The number of carbonyl (C=O) groups is 1. The average Bonchev–Trinajstić information content (AvgIpc) is 3.52. The van der Waals surface area contributed by atoms with Crippen LogP contribution in [-0.2, 0) is 9.53 Å². The van der Waals surface area contributed by atoms with Gasteiger partial charge in [-0.1, -0.05) is 35.1 Å². The second-order valence-corrected chi connectivity index (χ2v) is 10.1. The van der Waals surface area contributed by atoms with Crippen molar-refractivity contribution < 1.29 is 23.6 Å². The number of nitrogens with zero attached hydrogens (tertiary/aromatic N) is 3. The number of nitro benzene ring substituents is 1. The van der Waals surface area contributed by atoms with Crippen LogP contribution in [0.3, 0.4) is 0 Å². The monoisotopic (exact) mass is 579 g/mol. The van der Waals surface area contributed by atoms with Gasteiger partial charge in [-0.25, -0.2) is 9.79 Å². The van der Waals surface area contributed by atoms with E-state index >= 15 is 0 Å². The molecule has 0 fully saturated rings. The minimum Gasteiger partial charge on any atom is -0.497 e. The van der Waals surface area contributed by atoms with E-state index in [1.54, 1.807) is 69.5 Å². The van der Waals surface area contributed by atoms with Crippen LogP contribution in [0, 0.1) is 10.1 Å². The molecule has 10 nitrogen and oxygen atoms in total. The molecule has 1 unspecified atom stereocenters. The number of rotatable bonds is 7. The maximum absolute atomic E-state index is 13.7. The molecule has 0 saturated carbocycles. The molecule has 5 rings (SSSR count). The quantitative estimate of drug-likeness (QED) is 0.177. The number of nitro groups is 1. The van der Waals surface area contributed by atoms with Crippen LogP contribution in [-0.4, -0.2) is 29.2 Å². The Morgan fingerprint density at radius 2 is 1.98 bits per heavy atom. The third-order valence-electron chi connectivity index (χ3n) is 6.28. The maximum atomic E-state index is 13.7. The molecule has 1 atom stereocenters. The van der Waals surface area contributed by atoms with Crippen molar-refractivity contribution >= 4 is 40.7 Å². The number of aromatic nitrogens is 1. The number of methoxy groups -OCH3 is 1. The average molecular weight is 580 g/mol. The molecule has 0 aliphatic carbocycles. The van der Waals surface area contributed by atoms with Crippen molar-refractivity contribution in [2.75, 3.05) is 13.7 Å². The number of halogens is 1. The number of furan rings is 1. The van der Waals surface area contributed by atoms with Crippen LogP contribution in [0.4, 0.5) is 5.69 Å². The number of ether oxygens (including phenoxy) is 2. The minimum absolute atomic E-state index is 0.0190. The highest BCUT2D eigenvalue weighted by Crippen LogP contribution is 2.33. The van der Waals surface area contributed by atoms with Gasteiger partial charge in [0.25, 0.3) is 11.2 Å². The van der Waals surface area contributed by atoms with Gasteiger partial charge in [-0.3, -0.25) is 19.5 Å². The lowest BCUT2D eigenvalue weighted by molar-refractivity contribution is -0.384. The predicted octanol–water partition coefficient (Wildman–Crippen LogP) is 4.63. The number of benzene rings is 2. The highest BCUT2D eigenvalue weighted by molar-refractivity contribution is 7.07. The Morgan fingerprint density at radius 1 is 1.23 bits per heavy atom. The van der Waals surface area contributed by atoms with Crippen molar-refractivity contribution in [3.8, 4) is 17.1 Å². The summed E-state index contributed by atoms with van der Waals surface area (Å²) in [6.07, 6.45) is 1.58. The summed E-state index contributed by atoms with van der Waals surface area (Å²) in [4.78, 5) is 42.4. The van der Waals surface area contributed by atoms with Crippen LogP contribution < -0.4 is 19.6 Å². The number of thiazole rings is 1. The number of hydrogen-bond donors (Lipinski definition) is 0. The van der Waals surface area contributed by atoms with Crippen LogP contribution in [0.5, 0.6) is 5.75 Å². The summed E-state index contributed by atoms with van der Waals surface area (Å²) in [7, 11) is 1.56.